The molecule has 1 aromatic heterocycles. The SMILES string of the molecule is Cc1cc(CCNC(=O)COc2cccc(F)c2)c(C)n1C1CC1. The summed E-state index contributed by atoms with van der Waals surface area (Å²) in [7, 11) is 0. The molecule has 0 aliphatic heterocycles. The Balaban J connectivity index is 1.44. The first kappa shape index (κ1) is 16.6. The predicted octanol–water partition coefficient (Wildman–Crippen LogP) is 3.32. The lowest BCUT2D eigenvalue weighted by Crippen LogP contribution is -2.30. The minimum absolute atomic E-state index is 0.107. The Morgan fingerprint density at radius 3 is 2.83 bits per heavy atom. The maximum absolute atomic E-state index is 13.0. The van der Waals surface area contributed by atoms with E-state index in [-0.39, 0.29) is 18.3 Å². The molecule has 1 fully saturated rings. The summed E-state index contributed by atoms with van der Waals surface area (Å²) in [6.45, 7) is 4.75. The van der Waals surface area contributed by atoms with E-state index in [2.05, 4.69) is 29.8 Å². The molecule has 1 aliphatic carbocycles. The fourth-order valence-electron chi connectivity index (χ4n) is 3.09. The highest BCUT2D eigenvalue weighted by atomic mass is 19.1. The van der Waals surface area contributed by atoms with E-state index in [4.69, 9.17) is 4.74 Å². The van der Waals surface area contributed by atoms with Crippen molar-refractivity contribution in [3.05, 3.63) is 53.1 Å². The number of aromatic nitrogens is 1. The molecule has 0 atom stereocenters. The summed E-state index contributed by atoms with van der Waals surface area (Å²) in [4.78, 5) is 11.8. The Morgan fingerprint density at radius 1 is 1.33 bits per heavy atom. The number of halogens is 1. The molecule has 4 nitrogen and oxygen atoms in total. The van der Waals surface area contributed by atoms with Gasteiger partial charge in [0.2, 0.25) is 0 Å². The first-order valence-corrected chi connectivity index (χ1v) is 8.37. The molecule has 0 unspecified atom stereocenters. The van der Waals surface area contributed by atoms with Crippen LogP contribution in [-0.2, 0) is 11.2 Å². The highest BCUT2D eigenvalue weighted by Gasteiger charge is 2.26. The van der Waals surface area contributed by atoms with Crippen molar-refractivity contribution in [3.63, 3.8) is 0 Å². The minimum atomic E-state index is -0.376. The molecule has 0 radical (unpaired) electrons. The zero-order valence-corrected chi connectivity index (χ0v) is 14.1. The molecule has 1 aliphatic rings. The van der Waals surface area contributed by atoms with E-state index in [0.29, 0.717) is 18.3 Å². The number of carbonyl (C=O) groups excluding carboxylic acids is 1. The van der Waals surface area contributed by atoms with Gasteiger partial charge in [0.05, 0.1) is 0 Å². The molecule has 1 amide bonds. The molecule has 1 N–H and O–H groups in total. The first-order valence-electron chi connectivity index (χ1n) is 8.37. The highest BCUT2D eigenvalue weighted by Crippen LogP contribution is 2.38. The van der Waals surface area contributed by atoms with Crippen LogP contribution in [0.2, 0.25) is 0 Å². The van der Waals surface area contributed by atoms with E-state index in [1.807, 2.05) is 0 Å². The number of aryl methyl sites for hydroxylation is 1. The molecular formula is C19H23FN2O2. The second-order valence-corrected chi connectivity index (χ2v) is 6.34. The summed E-state index contributed by atoms with van der Waals surface area (Å²) in [5.41, 5.74) is 3.89. The maximum atomic E-state index is 13.0. The standard InChI is InChI=1S/C19H23FN2O2/c1-13-10-15(14(2)22(13)17-6-7-17)8-9-21-19(23)12-24-18-5-3-4-16(20)11-18/h3-5,10-11,17H,6-9,12H2,1-2H3,(H,21,23). The zero-order chi connectivity index (χ0) is 17.1. The number of amides is 1. The lowest BCUT2D eigenvalue weighted by atomic mass is 10.2. The summed E-state index contributed by atoms with van der Waals surface area (Å²) in [6.07, 6.45) is 3.34. The third-order valence-corrected chi connectivity index (χ3v) is 4.38. The van der Waals surface area contributed by atoms with Gasteiger partial charge < -0.3 is 14.6 Å². The van der Waals surface area contributed by atoms with E-state index >= 15 is 0 Å². The summed E-state index contributed by atoms with van der Waals surface area (Å²) >= 11 is 0. The van der Waals surface area contributed by atoms with E-state index in [1.165, 1.54) is 41.9 Å². The Kier molecular flexibility index (Phi) is 4.88. The summed E-state index contributed by atoms with van der Waals surface area (Å²) in [5.74, 6) is -0.215. The van der Waals surface area contributed by atoms with Gasteiger partial charge in [0.25, 0.3) is 5.91 Å². The Morgan fingerprint density at radius 2 is 2.12 bits per heavy atom. The largest absolute Gasteiger partial charge is 0.484 e. The van der Waals surface area contributed by atoms with Gasteiger partial charge in [-0.15, -0.1) is 0 Å². The molecule has 1 aromatic carbocycles. The fourth-order valence-corrected chi connectivity index (χ4v) is 3.09. The predicted molar refractivity (Wildman–Crippen MR) is 90.8 cm³/mol. The van der Waals surface area contributed by atoms with E-state index in [1.54, 1.807) is 12.1 Å². The average Bonchev–Trinajstić information content (AvgIpc) is 3.32. The molecule has 1 saturated carbocycles. The van der Waals surface area contributed by atoms with Crippen molar-refractivity contribution < 1.29 is 13.9 Å². The summed E-state index contributed by atoms with van der Waals surface area (Å²) < 4.78 is 20.7. The number of benzene rings is 1. The molecule has 5 heteroatoms. The lowest BCUT2D eigenvalue weighted by Gasteiger charge is -2.09. The van der Waals surface area contributed by atoms with Crippen LogP contribution in [0.15, 0.2) is 30.3 Å². The fraction of sp³-hybridized carbons (Fsp3) is 0.421. The average molecular weight is 330 g/mol. The molecule has 0 saturated heterocycles. The highest BCUT2D eigenvalue weighted by molar-refractivity contribution is 5.77. The maximum Gasteiger partial charge on any atom is 0.257 e. The van der Waals surface area contributed by atoms with Crippen molar-refractivity contribution in [2.24, 2.45) is 0 Å². The van der Waals surface area contributed by atoms with Gasteiger partial charge in [-0.2, -0.15) is 0 Å². The molecule has 3 rings (SSSR count). The summed E-state index contributed by atoms with van der Waals surface area (Å²) in [5, 5.41) is 2.85. The van der Waals surface area contributed by atoms with Crippen LogP contribution in [0.1, 0.15) is 35.8 Å². The van der Waals surface area contributed by atoms with Crippen molar-refractivity contribution in [2.45, 2.75) is 39.2 Å². The molecule has 128 valence electrons. The van der Waals surface area contributed by atoms with E-state index in [9.17, 15) is 9.18 Å². The van der Waals surface area contributed by atoms with Gasteiger partial charge in [0.15, 0.2) is 6.61 Å². The molecular weight excluding hydrogens is 307 g/mol. The Hall–Kier alpha value is -2.30. The van der Waals surface area contributed by atoms with Crippen LogP contribution >= 0.6 is 0 Å². The van der Waals surface area contributed by atoms with E-state index in [0.717, 1.165) is 6.42 Å². The van der Waals surface area contributed by atoms with Crippen LogP contribution in [0, 0.1) is 19.7 Å². The van der Waals surface area contributed by atoms with Crippen molar-refractivity contribution in [3.8, 4) is 5.75 Å². The topological polar surface area (TPSA) is 43.3 Å². The van der Waals surface area contributed by atoms with Gasteiger partial charge in [-0.25, -0.2) is 4.39 Å². The number of nitrogens with one attached hydrogen (secondary N) is 1. The van der Waals surface area contributed by atoms with Crippen molar-refractivity contribution >= 4 is 5.91 Å². The second-order valence-electron chi connectivity index (χ2n) is 6.34. The summed E-state index contributed by atoms with van der Waals surface area (Å²) in [6, 6.07) is 8.67. The number of carbonyl (C=O) groups is 1. The van der Waals surface area contributed by atoms with Crippen LogP contribution in [0.25, 0.3) is 0 Å². The number of rotatable bonds is 7. The van der Waals surface area contributed by atoms with Crippen LogP contribution in [-0.4, -0.2) is 23.6 Å². The number of hydrogen-bond donors (Lipinski definition) is 1. The lowest BCUT2D eigenvalue weighted by molar-refractivity contribution is -0.123. The Labute approximate surface area is 141 Å². The van der Waals surface area contributed by atoms with Crippen molar-refractivity contribution in [2.75, 3.05) is 13.2 Å². The zero-order valence-electron chi connectivity index (χ0n) is 14.1. The second kappa shape index (κ2) is 7.07. The van der Waals surface area contributed by atoms with Crippen LogP contribution in [0.5, 0.6) is 5.75 Å². The number of hydrogen-bond acceptors (Lipinski definition) is 2. The smallest absolute Gasteiger partial charge is 0.257 e. The number of nitrogens with zero attached hydrogens (tertiary/aromatic N) is 1. The van der Waals surface area contributed by atoms with Crippen LogP contribution < -0.4 is 10.1 Å². The third kappa shape index (κ3) is 3.96. The van der Waals surface area contributed by atoms with E-state index < -0.39 is 0 Å². The molecule has 1 heterocycles. The van der Waals surface area contributed by atoms with Gasteiger partial charge in [-0.1, -0.05) is 6.07 Å². The number of ether oxygens (including phenoxy) is 1. The van der Waals surface area contributed by atoms with Crippen LogP contribution in [0.4, 0.5) is 4.39 Å². The van der Waals surface area contributed by atoms with Crippen molar-refractivity contribution in [1.82, 2.24) is 9.88 Å². The Bertz CT molecular complexity index is 735. The van der Waals surface area contributed by atoms with Gasteiger partial charge in [0, 0.05) is 30.0 Å². The van der Waals surface area contributed by atoms with Crippen LogP contribution in [0.3, 0.4) is 0 Å². The van der Waals surface area contributed by atoms with Gasteiger partial charge >= 0.3 is 0 Å². The third-order valence-electron chi connectivity index (χ3n) is 4.38. The molecule has 24 heavy (non-hydrogen) atoms. The van der Waals surface area contributed by atoms with Gasteiger partial charge in [0.1, 0.15) is 11.6 Å². The molecule has 2 aromatic rings. The first-order chi connectivity index (χ1) is 11.5. The van der Waals surface area contributed by atoms with Gasteiger partial charge in [-0.3, -0.25) is 4.79 Å². The van der Waals surface area contributed by atoms with Crippen molar-refractivity contribution in [1.29, 1.82) is 0 Å². The monoisotopic (exact) mass is 330 g/mol. The quantitative estimate of drug-likeness (QED) is 0.846. The molecule has 0 bridgehead atoms. The minimum Gasteiger partial charge on any atom is -0.484 e. The normalized spacial score (nSPS) is 13.8. The van der Waals surface area contributed by atoms with Gasteiger partial charge in [-0.05, 0) is 56.9 Å². The molecule has 0 spiro atoms.